The third-order valence-electron chi connectivity index (χ3n) is 4.38. The van der Waals surface area contributed by atoms with Crippen LogP contribution in [-0.2, 0) is 6.54 Å². The first-order chi connectivity index (χ1) is 14.8. The van der Waals surface area contributed by atoms with Crippen molar-refractivity contribution >= 4 is 23.0 Å². The molecule has 0 atom stereocenters. The summed E-state index contributed by atoms with van der Waals surface area (Å²) in [6, 6.07) is 12.3. The number of pyridine rings is 1. The third-order valence-corrected chi connectivity index (χ3v) is 4.38. The standard InChI is InChI=1S/C20H16N4O7/c1-31-18-11-15(24(29)30)7-8-17(18)21-19(25)16-6-3-9-22(20(16)26)12-13-4-2-5-14(10-13)23(27)28/h2-11H,12H2,1H3,(H,21,25). The molecule has 0 fully saturated rings. The largest absolute Gasteiger partial charge is 0.494 e. The van der Waals surface area contributed by atoms with Crippen molar-refractivity contribution < 1.29 is 19.4 Å². The molecule has 0 aliphatic heterocycles. The molecule has 158 valence electrons. The number of non-ortho nitro benzene ring substituents is 2. The van der Waals surface area contributed by atoms with E-state index in [0.29, 0.717) is 5.56 Å². The molecular formula is C20H16N4O7. The Morgan fingerprint density at radius 3 is 2.42 bits per heavy atom. The van der Waals surface area contributed by atoms with Crippen LogP contribution in [0.4, 0.5) is 17.1 Å². The number of nitrogens with zero attached hydrogens (tertiary/aromatic N) is 3. The molecule has 11 heteroatoms. The summed E-state index contributed by atoms with van der Waals surface area (Å²) in [5.74, 6) is -0.666. The minimum atomic E-state index is -0.731. The maximum absolute atomic E-state index is 12.8. The van der Waals surface area contributed by atoms with Crippen molar-refractivity contribution in [1.82, 2.24) is 4.57 Å². The maximum atomic E-state index is 12.8. The van der Waals surface area contributed by atoms with Gasteiger partial charge in [-0.1, -0.05) is 12.1 Å². The number of amides is 1. The Morgan fingerprint density at radius 2 is 1.74 bits per heavy atom. The minimum Gasteiger partial charge on any atom is -0.494 e. The molecule has 0 spiro atoms. The van der Waals surface area contributed by atoms with Crippen LogP contribution < -0.4 is 15.6 Å². The monoisotopic (exact) mass is 424 g/mol. The van der Waals surface area contributed by atoms with E-state index in [2.05, 4.69) is 5.32 Å². The van der Waals surface area contributed by atoms with Crippen LogP contribution >= 0.6 is 0 Å². The van der Waals surface area contributed by atoms with Crippen LogP contribution in [0.3, 0.4) is 0 Å². The molecule has 0 aliphatic rings. The van der Waals surface area contributed by atoms with Gasteiger partial charge in [-0.3, -0.25) is 29.8 Å². The first kappa shape index (κ1) is 21.2. The summed E-state index contributed by atoms with van der Waals surface area (Å²) in [7, 11) is 1.29. The lowest BCUT2D eigenvalue weighted by Crippen LogP contribution is -2.29. The fourth-order valence-electron chi connectivity index (χ4n) is 2.89. The second-order valence-electron chi connectivity index (χ2n) is 6.38. The van der Waals surface area contributed by atoms with Crippen molar-refractivity contribution in [1.29, 1.82) is 0 Å². The zero-order valence-electron chi connectivity index (χ0n) is 16.2. The van der Waals surface area contributed by atoms with Gasteiger partial charge in [0.05, 0.1) is 35.3 Å². The van der Waals surface area contributed by atoms with Crippen molar-refractivity contribution in [2.75, 3.05) is 12.4 Å². The van der Waals surface area contributed by atoms with Crippen molar-refractivity contribution in [3.05, 3.63) is 103 Å². The Kier molecular flexibility index (Phi) is 6.05. The van der Waals surface area contributed by atoms with Gasteiger partial charge < -0.3 is 14.6 Å². The number of carbonyl (C=O) groups excluding carboxylic acids is 1. The summed E-state index contributed by atoms with van der Waals surface area (Å²) >= 11 is 0. The molecule has 1 N–H and O–H groups in total. The maximum Gasteiger partial charge on any atom is 0.273 e. The lowest BCUT2D eigenvalue weighted by Gasteiger charge is -2.11. The number of nitro benzene ring substituents is 2. The second kappa shape index (κ2) is 8.86. The fraction of sp³-hybridized carbons (Fsp3) is 0.100. The van der Waals surface area contributed by atoms with Gasteiger partial charge in [-0.05, 0) is 23.8 Å². The van der Waals surface area contributed by atoms with Crippen LogP contribution in [0.2, 0.25) is 0 Å². The van der Waals surface area contributed by atoms with E-state index in [1.807, 2.05) is 0 Å². The summed E-state index contributed by atoms with van der Waals surface area (Å²) in [6.45, 7) is 0.0302. The minimum absolute atomic E-state index is 0.0302. The molecule has 0 unspecified atom stereocenters. The highest BCUT2D eigenvalue weighted by Gasteiger charge is 2.17. The first-order valence-electron chi connectivity index (χ1n) is 8.86. The zero-order valence-corrected chi connectivity index (χ0v) is 16.2. The molecule has 3 rings (SSSR count). The molecule has 0 bridgehead atoms. The normalized spacial score (nSPS) is 10.4. The Bertz CT molecular complexity index is 1240. The predicted octanol–water partition coefficient (Wildman–Crippen LogP) is 2.97. The molecule has 1 heterocycles. The van der Waals surface area contributed by atoms with Gasteiger partial charge in [0.1, 0.15) is 11.3 Å². The highest BCUT2D eigenvalue weighted by molar-refractivity contribution is 6.04. The Morgan fingerprint density at radius 1 is 1.03 bits per heavy atom. The number of benzene rings is 2. The first-order valence-corrected chi connectivity index (χ1v) is 8.86. The molecule has 0 saturated heterocycles. The van der Waals surface area contributed by atoms with Crippen molar-refractivity contribution in [2.45, 2.75) is 6.54 Å². The summed E-state index contributed by atoms with van der Waals surface area (Å²) < 4.78 is 6.33. The molecule has 0 saturated carbocycles. The number of nitro groups is 2. The summed E-state index contributed by atoms with van der Waals surface area (Å²) in [6.07, 6.45) is 1.46. The number of methoxy groups -OCH3 is 1. The lowest BCUT2D eigenvalue weighted by atomic mass is 10.2. The van der Waals surface area contributed by atoms with E-state index in [1.54, 1.807) is 6.07 Å². The van der Waals surface area contributed by atoms with Gasteiger partial charge in [0.2, 0.25) is 0 Å². The molecule has 0 radical (unpaired) electrons. The summed E-state index contributed by atoms with van der Waals surface area (Å²) in [5.41, 5.74) is -0.420. The Labute approximate surface area is 174 Å². The van der Waals surface area contributed by atoms with E-state index in [4.69, 9.17) is 4.74 Å². The fourth-order valence-corrected chi connectivity index (χ4v) is 2.89. The molecule has 1 aromatic heterocycles. The van der Waals surface area contributed by atoms with Crippen LogP contribution in [-0.4, -0.2) is 27.4 Å². The van der Waals surface area contributed by atoms with E-state index in [9.17, 15) is 29.8 Å². The van der Waals surface area contributed by atoms with E-state index < -0.39 is 21.3 Å². The van der Waals surface area contributed by atoms with Gasteiger partial charge in [-0.2, -0.15) is 0 Å². The van der Waals surface area contributed by atoms with Crippen molar-refractivity contribution in [3.63, 3.8) is 0 Å². The quantitative estimate of drug-likeness (QED) is 0.453. The van der Waals surface area contributed by atoms with E-state index >= 15 is 0 Å². The molecule has 1 amide bonds. The zero-order chi connectivity index (χ0) is 22.5. The van der Waals surface area contributed by atoms with E-state index in [0.717, 1.165) is 6.07 Å². The Hall–Kier alpha value is -4.54. The van der Waals surface area contributed by atoms with Crippen molar-refractivity contribution in [3.8, 4) is 5.75 Å². The number of aromatic nitrogens is 1. The number of nitrogens with one attached hydrogen (secondary N) is 1. The van der Waals surface area contributed by atoms with Gasteiger partial charge >= 0.3 is 0 Å². The average molecular weight is 424 g/mol. The van der Waals surface area contributed by atoms with Gasteiger partial charge in [0.25, 0.3) is 22.8 Å². The average Bonchev–Trinajstić information content (AvgIpc) is 2.75. The number of hydrogen-bond acceptors (Lipinski definition) is 7. The molecule has 11 nitrogen and oxygen atoms in total. The van der Waals surface area contributed by atoms with E-state index in [1.165, 1.54) is 60.3 Å². The van der Waals surface area contributed by atoms with Crippen LogP contribution in [0.25, 0.3) is 0 Å². The van der Waals surface area contributed by atoms with Crippen LogP contribution in [0.5, 0.6) is 5.75 Å². The van der Waals surface area contributed by atoms with Gasteiger partial charge in [-0.15, -0.1) is 0 Å². The summed E-state index contributed by atoms with van der Waals surface area (Å²) in [5, 5.41) is 24.3. The molecule has 31 heavy (non-hydrogen) atoms. The van der Waals surface area contributed by atoms with Crippen LogP contribution in [0, 0.1) is 20.2 Å². The number of hydrogen-bond donors (Lipinski definition) is 1. The molecule has 3 aromatic rings. The highest BCUT2D eigenvalue weighted by Crippen LogP contribution is 2.29. The second-order valence-corrected chi connectivity index (χ2v) is 6.38. The van der Waals surface area contributed by atoms with Gasteiger partial charge in [0, 0.05) is 24.4 Å². The van der Waals surface area contributed by atoms with Gasteiger partial charge in [-0.25, -0.2) is 0 Å². The topological polar surface area (TPSA) is 147 Å². The van der Waals surface area contributed by atoms with Gasteiger partial charge in [0.15, 0.2) is 0 Å². The molecular weight excluding hydrogens is 408 g/mol. The summed E-state index contributed by atoms with van der Waals surface area (Å²) in [4.78, 5) is 46.1. The Balaban J connectivity index is 1.87. The number of ether oxygens (including phenoxy) is 1. The van der Waals surface area contributed by atoms with E-state index in [-0.39, 0.29) is 34.9 Å². The third kappa shape index (κ3) is 4.72. The van der Waals surface area contributed by atoms with Crippen LogP contribution in [0.1, 0.15) is 15.9 Å². The number of anilines is 1. The highest BCUT2D eigenvalue weighted by atomic mass is 16.6. The number of carbonyl (C=O) groups is 1. The predicted molar refractivity (Wildman–Crippen MR) is 111 cm³/mol. The smallest absolute Gasteiger partial charge is 0.273 e. The van der Waals surface area contributed by atoms with Crippen LogP contribution in [0.15, 0.2) is 65.6 Å². The van der Waals surface area contributed by atoms with Crippen molar-refractivity contribution in [2.24, 2.45) is 0 Å². The lowest BCUT2D eigenvalue weighted by molar-refractivity contribution is -0.385. The molecule has 2 aromatic carbocycles. The molecule has 0 aliphatic carbocycles. The number of rotatable bonds is 7. The SMILES string of the molecule is COc1cc([N+](=O)[O-])ccc1NC(=O)c1cccn(Cc2cccc([N+](=O)[O-])c2)c1=O.